The Morgan fingerprint density at radius 2 is 2.18 bits per heavy atom. The summed E-state index contributed by atoms with van der Waals surface area (Å²) in [4.78, 5) is 0. The molecule has 3 N–H and O–H groups in total. The average molecular weight is 254 g/mol. The molecular formula is C11H14N2O3S. The van der Waals surface area contributed by atoms with E-state index >= 15 is 0 Å². The lowest BCUT2D eigenvalue weighted by atomic mass is 9.95. The van der Waals surface area contributed by atoms with Crippen molar-refractivity contribution in [3.8, 4) is 5.75 Å². The minimum Gasteiger partial charge on any atom is -0.474 e. The molecule has 0 bridgehead atoms. The van der Waals surface area contributed by atoms with Crippen LogP contribution in [0, 0.1) is 0 Å². The number of sulfonamides is 1. The Morgan fingerprint density at radius 1 is 1.41 bits per heavy atom. The lowest BCUT2D eigenvalue weighted by Gasteiger charge is -2.21. The van der Waals surface area contributed by atoms with E-state index in [0.29, 0.717) is 18.0 Å². The summed E-state index contributed by atoms with van der Waals surface area (Å²) >= 11 is 0. The molecule has 1 aliphatic carbocycles. The molecule has 1 heterocycles. The molecule has 92 valence electrons. The van der Waals surface area contributed by atoms with E-state index in [0.717, 1.165) is 18.4 Å². The Morgan fingerprint density at radius 3 is 2.82 bits per heavy atom. The monoisotopic (exact) mass is 254 g/mol. The van der Waals surface area contributed by atoms with Crippen molar-refractivity contribution in [1.82, 2.24) is 0 Å². The first-order chi connectivity index (χ1) is 8.05. The first-order valence-electron chi connectivity index (χ1n) is 5.53. The van der Waals surface area contributed by atoms with Crippen LogP contribution in [0.25, 0.3) is 0 Å². The first kappa shape index (κ1) is 10.9. The van der Waals surface area contributed by atoms with Crippen molar-refractivity contribution >= 4 is 15.7 Å². The van der Waals surface area contributed by atoms with Crippen LogP contribution in [0.2, 0.25) is 0 Å². The van der Waals surface area contributed by atoms with Crippen LogP contribution < -0.4 is 15.2 Å². The van der Waals surface area contributed by atoms with Crippen LogP contribution >= 0.6 is 0 Å². The van der Waals surface area contributed by atoms with Gasteiger partial charge in [-0.2, -0.15) is 0 Å². The van der Waals surface area contributed by atoms with Gasteiger partial charge < -0.3 is 10.5 Å². The maximum atomic E-state index is 11.4. The van der Waals surface area contributed by atoms with Gasteiger partial charge in [0.2, 0.25) is 5.94 Å². The fraction of sp³-hybridized carbons (Fsp3) is 0.455. The van der Waals surface area contributed by atoms with Gasteiger partial charge in [-0.25, -0.2) is 8.42 Å². The third-order valence-corrected chi connectivity index (χ3v) is 4.43. The van der Waals surface area contributed by atoms with Crippen molar-refractivity contribution in [2.45, 2.75) is 18.3 Å². The van der Waals surface area contributed by atoms with Crippen LogP contribution in [-0.2, 0) is 15.4 Å². The normalized spacial score (nSPS) is 23.1. The highest BCUT2D eigenvalue weighted by molar-refractivity contribution is 7.92. The number of rotatable bonds is 2. The molecule has 0 atom stereocenters. The van der Waals surface area contributed by atoms with E-state index < -0.39 is 10.0 Å². The summed E-state index contributed by atoms with van der Waals surface area (Å²) < 4.78 is 30.5. The zero-order chi connectivity index (χ0) is 12.1. The van der Waals surface area contributed by atoms with Crippen molar-refractivity contribution in [2.24, 2.45) is 5.73 Å². The van der Waals surface area contributed by atoms with Crippen LogP contribution in [0.1, 0.15) is 18.4 Å². The van der Waals surface area contributed by atoms with Crippen molar-refractivity contribution in [3.05, 3.63) is 23.8 Å². The SMILES string of the molecule is NCC1(c2ccc3c(c2)NS(=O)(=O)CO3)CC1. The molecule has 1 saturated carbocycles. The maximum absolute atomic E-state index is 11.4. The van der Waals surface area contributed by atoms with Gasteiger partial charge >= 0.3 is 0 Å². The van der Waals surface area contributed by atoms with Gasteiger partial charge in [0.15, 0.2) is 0 Å². The minimum atomic E-state index is -3.35. The Hall–Kier alpha value is -1.27. The molecule has 17 heavy (non-hydrogen) atoms. The third kappa shape index (κ3) is 1.77. The molecule has 1 aromatic carbocycles. The summed E-state index contributed by atoms with van der Waals surface area (Å²) in [6.07, 6.45) is 2.13. The van der Waals surface area contributed by atoms with Crippen LogP contribution in [0.15, 0.2) is 18.2 Å². The number of nitrogens with two attached hydrogens (primary N) is 1. The average Bonchev–Trinajstić information content (AvgIpc) is 3.07. The number of anilines is 1. The molecule has 0 spiro atoms. The van der Waals surface area contributed by atoms with Crippen LogP contribution in [-0.4, -0.2) is 20.9 Å². The lowest BCUT2D eigenvalue weighted by molar-refractivity contribution is 0.374. The summed E-state index contributed by atoms with van der Waals surface area (Å²) in [7, 11) is -3.35. The van der Waals surface area contributed by atoms with Crippen LogP contribution in [0.3, 0.4) is 0 Å². The molecule has 6 heteroatoms. The molecule has 1 aromatic rings. The highest BCUT2D eigenvalue weighted by Gasteiger charge is 2.43. The van der Waals surface area contributed by atoms with Crippen LogP contribution in [0.5, 0.6) is 5.75 Å². The number of nitrogens with one attached hydrogen (secondary N) is 1. The Balaban J connectivity index is 2.01. The predicted molar refractivity (Wildman–Crippen MR) is 64.4 cm³/mol. The molecular weight excluding hydrogens is 240 g/mol. The van der Waals surface area contributed by atoms with E-state index in [4.69, 9.17) is 10.5 Å². The first-order valence-corrected chi connectivity index (χ1v) is 7.18. The molecule has 0 saturated heterocycles. The highest BCUT2D eigenvalue weighted by Crippen LogP contribution is 2.48. The molecule has 3 rings (SSSR count). The van der Waals surface area contributed by atoms with Gasteiger partial charge in [0.1, 0.15) is 5.75 Å². The lowest BCUT2D eigenvalue weighted by Crippen LogP contribution is -2.26. The molecule has 1 fully saturated rings. The van der Waals surface area contributed by atoms with Gasteiger partial charge in [0.25, 0.3) is 10.0 Å². The summed E-state index contributed by atoms with van der Waals surface area (Å²) in [5.74, 6) is 0.262. The molecule has 0 aromatic heterocycles. The molecule has 2 aliphatic rings. The second-order valence-electron chi connectivity index (χ2n) is 4.67. The molecule has 1 aliphatic heterocycles. The largest absolute Gasteiger partial charge is 0.474 e. The molecule has 0 amide bonds. The number of ether oxygens (including phenoxy) is 1. The van der Waals surface area contributed by atoms with E-state index in [2.05, 4.69) is 4.72 Å². The quantitative estimate of drug-likeness (QED) is 0.816. The summed E-state index contributed by atoms with van der Waals surface area (Å²) in [5.41, 5.74) is 7.43. The zero-order valence-electron chi connectivity index (χ0n) is 9.27. The summed E-state index contributed by atoms with van der Waals surface area (Å²) in [6.45, 7) is 0.597. The van der Waals surface area contributed by atoms with Gasteiger partial charge in [-0.3, -0.25) is 4.72 Å². The Kier molecular flexibility index (Phi) is 2.15. The van der Waals surface area contributed by atoms with Gasteiger partial charge in [0.05, 0.1) is 5.69 Å². The summed E-state index contributed by atoms with van der Waals surface area (Å²) in [5, 5.41) is 0. The Labute approximate surface area is 100 Å². The van der Waals surface area contributed by atoms with Crippen molar-refractivity contribution in [2.75, 3.05) is 17.2 Å². The second kappa shape index (κ2) is 3.36. The predicted octanol–water partition coefficient (Wildman–Crippen LogP) is 0.768. The molecule has 5 nitrogen and oxygen atoms in total. The topological polar surface area (TPSA) is 81.4 Å². The molecule has 0 radical (unpaired) electrons. The van der Waals surface area contributed by atoms with E-state index in [-0.39, 0.29) is 11.4 Å². The number of hydrogen-bond donors (Lipinski definition) is 2. The van der Waals surface area contributed by atoms with E-state index in [1.165, 1.54) is 0 Å². The van der Waals surface area contributed by atoms with E-state index in [9.17, 15) is 8.42 Å². The maximum Gasteiger partial charge on any atom is 0.268 e. The Bertz CT molecular complexity index is 564. The third-order valence-electron chi connectivity index (χ3n) is 3.47. The standard InChI is InChI=1S/C11H14N2O3S/c12-6-11(3-4-11)8-1-2-10-9(5-8)13-17(14,15)7-16-10/h1-2,5,13H,3-4,6-7,12H2. The zero-order valence-corrected chi connectivity index (χ0v) is 10.1. The smallest absolute Gasteiger partial charge is 0.268 e. The highest BCUT2D eigenvalue weighted by atomic mass is 32.2. The van der Waals surface area contributed by atoms with Gasteiger partial charge in [-0.1, -0.05) is 6.07 Å². The van der Waals surface area contributed by atoms with E-state index in [1.54, 1.807) is 0 Å². The van der Waals surface area contributed by atoms with Crippen LogP contribution in [0.4, 0.5) is 5.69 Å². The molecule has 0 unspecified atom stereocenters. The summed E-state index contributed by atoms with van der Waals surface area (Å²) in [6, 6.07) is 5.62. The number of fused-ring (bicyclic) bond motifs is 1. The fourth-order valence-electron chi connectivity index (χ4n) is 2.17. The fourth-order valence-corrected chi connectivity index (χ4v) is 3.00. The van der Waals surface area contributed by atoms with Crippen molar-refractivity contribution < 1.29 is 13.2 Å². The van der Waals surface area contributed by atoms with Gasteiger partial charge in [-0.15, -0.1) is 0 Å². The number of hydrogen-bond acceptors (Lipinski definition) is 4. The number of benzene rings is 1. The van der Waals surface area contributed by atoms with Crippen molar-refractivity contribution in [1.29, 1.82) is 0 Å². The van der Waals surface area contributed by atoms with Gasteiger partial charge in [-0.05, 0) is 30.5 Å². The minimum absolute atomic E-state index is 0.0535. The van der Waals surface area contributed by atoms with Gasteiger partial charge in [0, 0.05) is 12.0 Å². The van der Waals surface area contributed by atoms with Crippen molar-refractivity contribution in [3.63, 3.8) is 0 Å². The van der Waals surface area contributed by atoms with E-state index in [1.807, 2.05) is 18.2 Å². The second-order valence-corrected chi connectivity index (χ2v) is 6.34.